The number of amides is 2. The van der Waals surface area contributed by atoms with E-state index in [2.05, 4.69) is 15.6 Å². The maximum Gasteiger partial charge on any atom is 0.244 e. The molecule has 8 nitrogen and oxygen atoms in total. The molecule has 1 aromatic rings. The number of aromatic nitrogens is 1. The van der Waals surface area contributed by atoms with Crippen molar-refractivity contribution in [3.05, 3.63) is 18.3 Å². The van der Waals surface area contributed by atoms with Crippen LogP contribution >= 0.6 is 11.8 Å². The first kappa shape index (κ1) is 20.1. The summed E-state index contributed by atoms with van der Waals surface area (Å²) in [7, 11) is -3.48. The molecule has 148 valence electrons. The SMILES string of the molecule is O=C(CSc1ccc(S(=O)(=O)N2CCCC2)cn1)N[C@H]1CCCCNC1=O. The van der Waals surface area contributed by atoms with E-state index < -0.39 is 16.1 Å². The highest BCUT2D eigenvalue weighted by Gasteiger charge is 2.27. The molecule has 2 fully saturated rings. The van der Waals surface area contributed by atoms with E-state index in [0.29, 0.717) is 31.1 Å². The van der Waals surface area contributed by atoms with Crippen molar-refractivity contribution in [1.29, 1.82) is 0 Å². The van der Waals surface area contributed by atoms with Crippen molar-refractivity contribution in [3.63, 3.8) is 0 Å². The van der Waals surface area contributed by atoms with Crippen LogP contribution in [0.5, 0.6) is 0 Å². The van der Waals surface area contributed by atoms with Gasteiger partial charge in [-0.2, -0.15) is 4.31 Å². The van der Waals surface area contributed by atoms with Gasteiger partial charge in [0.15, 0.2) is 0 Å². The van der Waals surface area contributed by atoms with Gasteiger partial charge in [-0.3, -0.25) is 9.59 Å². The molecule has 1 atom stereocenters. The molecule has 2 amide bonds. The summed E-state index contributed by atoms with van der Waals surface area (Å²) in [5.41, 5.74) is 0. The lowest BCUT2D eigenvalue weighted by molar-refractivity contribution is -0.127. The molecule has 2 aliphatic heterocycles. The first-order valence-electron chi connectivity index (χ1n) is 9.13. The second kappa shape index (κ2) is 9.03. The molecule has 10 heteroatoms. The molecule has 2 saturated heterocycles. The van der Waals surface area contributed by atoms with Gasteiger partial charge < -0.3 is 10.6 Å². The van der Waals surface area contributed by atoms with Crippen molar-refractivity contribution < 1.29 is 18.0 Å². The number of carbonyl (C=O) groups is 2. The van der Waals surface area contributed by atoms with Crippen LogP contribution in [0.4, 0.5) is 0 Å². The predicted octanol–water partition coefficient (Wildman–Crippen LogP) is 0.743. The number of nitrogens with zero attached hydrogens (tertiary/aromatic N) is 2. The Kier molecular flexibility index (Phi) is 6.72. The second-order valence-electron chi connectivity index (χ2n) is 6.64. The summed E-state index contributed by atoms with van der Waals surface area (Å²) >= 11 is 1.21. The maximum atomic E-state index is 12.5. The van der Waals surface area contributed by atoms with Gasteiger partial charge in [-0.25, -0.2) is 13.4 Å². The maximum absolute atomic E-state index is 12.5. The number of rotatable bonds is 6. The average Bonchev–Trinajstić information content (AvgIpc) is 3.14. The van der Waals surface area contributed by atoms with Crippen molar-refractivity contribution in [2.75, 3.05) is 25.4 Å². The fourth-order valence-corrected chi connectivity index (χ4v) is 5.25. The molecular formula is C17H24N4O4S2. The van der Waals surface area contributed by atoms with E-state index in [1.807, 2.05) is 0 Å². The van der Waals surface area contributed by atoms with Crippen LogP contribution < -0.4 is 10.6 Å². The van der Waals surface area contributed by atoms with Gasteiger partial charge in [-0.15, -0.1) is 0 Å². The molecule has 0 aromatic carbocycles. The van der Waals surface area contributed by atoms with E-state index in [0.717, 1.165) is 25.7 Å². The van der Waals surface area contributed by atoms with Crippen molar-refractivity contribution in [2.45, 2.75) is 48.1 Å². The normalized spacial score (nSPS) is 21.5. The topological polar surface area (TPSA) is 108 Å². The molecule has 27 heavy (non-hydrogen) atoms. The lowest BCUT2D eigenvalue weighted by Crippen LogP contribution is -2.46. The summed E-state index contributed by atoms with van der Waals surface area (Å²) in [6.07, 6.45) is 5.56. The van der Waals surface area contributed by atoms with Gasteiger partial charge in [0.1, 0.15) is 10.9 Å². The monoisotopic (exact) mass is 412 g/mol. The lowest BCUT2D eigenvalue weighted by atomic mass is 10.1. The smallest absolute Gasteiger partial charge is 0.244 e. The molecule has 0 aliphatic carbocycles. The van der Waals surface area contributed by atoms with E-state index in [4.69, 9.17) is 0 Å². The van der Waals surface area contributed by atoms with Gasteiger partial charge >= 0.3 is 0 Å². The Labute approximate surface area is 163 Å². The molecule has 0 bridgehead atoms. The molecule has 3 rings (SSSR count). The molecule has 0 radical (unpaired) electrons. The van der Waals surface area contributed by atoms with Gasteiger partial charge in [-0.1, -0.05) is 11.8 Å². The number of carbonyl (C=O) groups excluding carboxylic acids is 2. The van der Waals surface area contributed by atoms with Gasteiger partial charge in [0.2, 0.25) is 21.8 Å². The van der Waals surface area contributed by atoms with Gasteiger partial charge in [0.05, 0.1) is 10.8 Å². The summed E-state index contributed by atoms with van der Waals surface area (Å²) in [5.74, 6) is -0.257. The van der Waals surface area contributed by atoms with E-state index in [9.17, 15) is 18.0 Å². The summed E-state index contributed by atoms with van der Waals surface area (Å²) < 4.78 is 26.4. The van der Waals surface area contributed by atoms with Crippen molar-refractivity contribution in [3.8, 4) is 0 Å². The average molecular weight is 413 g/mol. The third kappa shape index (κ3) is 5.20. The highest BCUT2D eigenvalue weighted by molar-refractivity contribution is 7.99. The Morgan fingerprint density at radius 2 is 2.04 bits per heavy atom. The molecule has 3 heterocycles. The molecule has 0 spiro atoms. The largest absolute Gasteiger partial charge is 0.354 e. The third-order valence-electron chi connectivity index (χ3n) is 4.63. The Morgan fingerprint density at radius 1 is 1.26 bits per heavy atom. The minimum Gasteiger partial charge on any atom is -0.354 e. The van der Waals surface area contributed by atoms with Crippen LogP contribution in [0.3, 0.4) is 0 Å². The molecule has 0 saturated carbocycles. The van der Waals surface area contributed by atoms with Crippen LogP contribution in [-0.2, 0) is 19.6 Å². The Balaban J connectivity index is 1.52. The van der Waals surface area contributed by atoms with E-state index >= 15 is 0 Å². The van der Waals surface area contributed by atoms with Crippen molar-refractivity contribution in [1.82, 2.24) is 19.9 Å². The number of hydrogen-bond donors (Lipinski definition) is 2. The van der Waals surface area contributed by atoms with Crippen LogP contribution in [0.25, 0.3) is 0 Å². The Bertz CT molecular complexity index is 777. The Hall–Kier alpha value is -1.65. The molecule has 2 N–H and O–H groups in total. The van der Waals surface area contributed by atoms with E-state index in [1.165, 1.54) is 28.3 Å². The Morgan fingerprint density at radius 3 is 2.74 bits per heavy atom. The third-order valence-corrected chi connectivity index (χ3v) is 7.46. The predicted molar refractivity (Wildman–Crippen MR) is 102 cm³/mol. The van der Waals surface area contributed by atoms with Crippen molar-refractivity contribution in [2.24, 2.45) is 0 Å². The molecule has 1 aromatic heterocycles. The number of sulfonamides is 1. The molecule has 0 unspecified atom stereocenters. The zero-order chi connectivity index (χ0) is 19.3. The summed E-state index contributed by atoms with van der Waals surface area (Å²) in [6.45, 7) is 1.75. The zero-order valence-corrected chi connectivity index (χ0v) is 16.7. The fourth-order valence-electron chi connectivity index (χ4n) is 3.13. The van der Waals surface area contributed by atoms with E-state index in [-0.39, 0.29) is 22.5 Å². The minimum absolute atomic E-state index is 0.120. The van der Waals surface area contributed by atoms with Gasteiger partial charge in [0, 0.05) is 25.8 Å². The van der Waals surface area contributed by atoms with Crippen LogP contribution in [0.2, 0.25) is 0 Å². The first-order valence-corrected chi connectivity index (χ1v) is 11.6. The fraction of sp³-hybridized carbons (Fsp3) is 0.588. The number of pyridine rings is 1. The van der Waals surface area contributed by atoms with Crippen LogP contribution in [0.1, 0.15) is 32.1 Å². The molecular weight excluding hydrogens is 388 g/mol. The highest BCUT2D eigenvalue weighted by Crippen LogP contribution is 2.22. The van der Waals surface area contributed by atoms with Crippen LogP contribution in [0.15, 0.2) is 28.3 Å². The van der Waals surface area contributed by atoms with Gasteiger partial charge in [0.25, 0.3) is 0 Å². The van der Waals surface area contributed by atoms with E-state index in [1.54, 1.807) is 6.07 Å². The number of nitrogens with one attached hydrogen (secondary N) is 2. The second-order valence-corrected chi connectivity index (χ2v) is 9.57. The zero-order valence-electron chi connectivity index (χ0n) is 15.0. The standard InChI is InChI=1S/C17H24N4O4S2/c22-15(20-14-5-1-2-8-18-17(14)23)12-26-16-7-6-13(11-19-16)27(24,25)21-9-3-4-10-21/h6-7,11,14H,1-5,8-10,12H2,(H,18,23)(H,20,22)/t14-/m0/s1. The molecule has 2 aliphatic rings. The minimum atomic E-state index is -3.48. The van der Waals surface area contributed by atoms with Crippen LogP contribution in [0, 0.1) is 0 Å². The quantitative estimate of drug-likeness (QED) is 0.667. The summed E-state index contributed by atoms with van der Waals surface area (Å²) in [5, 5.41) is 6.10. The number of thioether (sulfide) groups is 1. The van der Waals surface area contributed by atoms with Gasteiger partial charge in [-0.05, 0) is 44.2 Å². The first-order chi connectivity index (χ1) is 13.0. The lowest BCUT2D eigenvalue weighted by Gasteiger charge is -2.15. The van der Waals surface area contributed by atoms with Crippen molar-refractivity contribution >= 4 is 33.6 Å². The summed E-state index contributed by atoms with van der Waals surface area (Å²) in [4.78, 5) is 28.3. The number of hydrogen-bond acceptors (Lipinski definition) is 6. The van der Waals surface area contributed by atoms with Crippen LogP contribution in [-0.4, -0.2) is 61.0 Å². The summed E-state index contributed by atoms with van der Waals surface area (Å²) in [6, 6.07) is 2.65. The highest BCUT2D eigenvalue weighted by atomic mass is 32.2.